The van der Waals surface area contributed by atoms with Crippen LogP contribution in [0, 0.1) is 0 Å². The summed E-state index contributed by atoms with van der Waals surface area (Å²) in [5.41, 5.74) is 23.9. The third kappa shape index (κ3) is 8.91. The van der Waals surface area contributed by atoms with Crippen molar-refractivity contribution in [2.24, 2.45) is 32.9 Å². The molecule has 0 aliphatic heterocycles. The minimum atomic E-state index is -0.430. The molecule has 12 nitrogen and oxygen atoms in total. The summed E-state index contributed by atoms with van der Waals surface area (Å²) in [6, 6.07) is 16.1. The number of hydrogen-bond acceptors (Lipinski definition) is 6. The van der Waals surface area contributed by atoms with E-state index in [1.165, 1.54) is 19.5 Å². The summed E-state index contributed by atoms with van der Waals surface area (Å²) in [6.45, 7) is 1.09. The van der Waals surface area contributed by atoms with Gasteiger partial charge < -0.3 is 33.6 Å². The lowest BCUT2D eigenvalue weighted by Gasteiger charge is -2.05. The Bertz CT molecular complexity index is 1160. The van der Waals surface area contributed by atoms with E-state index in [0.717, 1.165) is 17.5 Å². The van der Waals surface area contributed by atoms with E-state index in [4.69, 9.17) is 17.2 Å². The Balaban J connectivity index is 0.00000222. The molecular formula is C24H32N10O2. The van der Waals surface area contributed by atoms with Gasteiger partial charge in [-0.15, -0.1) is 0 Å². The van der Waals surface area contributed by atoms with Crippen molar-refractivity contribution in [3.8, 4) is 0 Å². The van der Waals surface area contributed by atoms with E-state index in [0.29, 0.717) is 30.9 Å². The molecule has 3 rings (SSSR count). The largest absolute Gasteiger partial charge is 0.390 e. The Morgan fingerprint density at radius 3 is 1.94 bits per heavy atom. The summed E-state index contributed by atoms with van der Waals surface area (Å²) in [4.78, 5) is 32.9. The molecule has 0 unspecified atom stereocenters. The van der Waals surface area contributed by atoms with Gasteiger partial charge in [-0.05, 0) is 55.3 Å². The van der Waals surface area contributed by atoms with Crippen molar-refractivity contribution in [1.82, 2.24) is 10.2 Å². The van der Waals surface area contributed by atoms with Crippen LogP contribution in [0.3, 0.4) is 0 Å². The highest BCUT2D eigenvalue weighted by Crippen LogP contribution is 2.14. The molecule has 190 valence electrons. The molecule has 0 radical (unpaired) electrons. The molecule has 0 saturated heterocycles. The van der Waals surface area contributed by atoms with E-state index in [2.05, 4.69) is 36.5 Å². The third-order valence-corrected chi connectivity index (χ3v) is 4.81. The Morgan fingerprint density at radius 1 is 0.889 bits per heavy atom. The molecule has 0 aliphatic carbocycles. The number of guanidine groups is 1. The number of hydrogen-bond donors (Lipinski definition) is 7. The summed E-state index contributed by atoms with van der Waals surface area (Å²) < 4.78 is 0. The number of amides is 2. The van der Waals surface area contributed by atoms with Gasteiger partial charge in [-0.25, -0.2) is 0 Å². The first-order chi connectivity index (χ1) is 17.4. The van der Waals surface area contributed by atoms with Crippen molar-refractivity contribution in [3.05, 3.63) is 77.1 Å². The number of carbonyl (C=O) groups is 2. The zero-order chi connectivity index (χ0) is 26.3. The normalized spacial score (nSPS) is 10.3. The highest BCUT2D eigenvalue weighted by atomic mass is 16.2. The van der Waals surface area contributed by atoms with Crippen molar-refractivity contribution >= 4 is 35.5 Å². The number of nitrogens with one attached hydrogen (secondary N) is 3. The Labute approximate surface area is 209 Å². The summed E-state index contributed by atoms with van der Waals surface area (Å²) in [6.07, 6.45) is 2.71. The second-order valence-electron chi connectivity index (χ2n) is 7.33. The van der Waals surface area contributed by atoms with E-state index < -0.39 is 11.8 Å². The molecule has 0 spiro atoms. The van der Waals surface area contributed by atoms with Crippen LogP contribution in [-0.4, -0.2) is 54.4 Å². The van der Waals surface area contributed by atoms with Crippen LogP contribution >= 0.6 is 0 Å². The van der Waals surface area contributed by atoms with Crippen LogP contribution in [0.25, 0.3) is 0 Å². The molecule has 1 aromatic heterocycles. The number of carbonyl (C=O) groups excluding carboxylic acids is 2. The predicted octanol–water partition coefficient (Wildman–Crippen LogP) is 0.835. The summed E-state index contributed by atoms with van der Waals surface area (Å²) in [5, 5.41) is 12.1. The van der Waals surface area contributed by atoms with Gasteiger partial charge in [-0.1, -0.05) is 24.3 Å². The van der Waals surface area contributed by atoms with Gasteiger partial charge in [0.1, 0.15) is 5.69 Å². The Hall–Kier alpha value is -4.71. The van der Waals surface area contributed by atoms with E-state index in [1.807, 2.05) is 24.3 Å². The number of aromatic nitrogens is 2. The number of anilines is 2. The molecule has 0 saturated carbocycles. The van der Waals surface area contributed by atoms with Crippen LogP contribution in [0.4, 0.5) is 11.4 Å². The first-order valence-electron chi connectivity index (χ1n) is 11.1. The van der Waals surface area contributed by atoms with Gasteiger partial charge in [0.15, 0.2) is 11.7 Å². The smallest absolute Gasteiger partial charge is 0.276 e. The zero-order valence-electron chi connectivity index (χ0n) is 20.1. The van der Waals surface area contributed by atoms with E-state index >= 15 is 0 Å². The number of aliphatic imine (C=N–C) groups is 2. The fourth-order valence-corrected chi connectivity index (χ4v) is 3.04. The van der Waals surface area contributed by atoms with Crippen LogP contribution in [0.5, 0.6) is 0 Å². The standard InChI is InChI=1S/C23H27N9O2.CH5N/c24-14-27-11-9-15-1-5-17(6-2-15)29-21(33)19-13-20(32-31-19)22(34)30-18-7-3-16(4-8-18)10-12-28-23(25)26;1-2/h1-8,13-14H,9-12H2,(H2,24,27)(H,29,33)(H,30,34)(H,31,32)(H4,25,26,28);2H2,1H3. The maximum Gasteiger partial charge on any atom is 0.276 e. The second kappa shape index (κ2) is 14.5. The van der Waals surface area contributed by atoms with Crippen molar-refractivity contribution in [2.45, 2.75) is 12.8 Å². The first-order valence-corrected chi connectivity index (χ1v) is 11.1. The second-order valence-corrected chi connectivity index (χ2v) is 7.33. The van der Waals surface area contributed by atoms with Crippen LogP contribution in [0.1, 0.15) is 32.1 Å². The van der Waals surface area contributed by atoms with Crippen LogP contribution in [0.15, 0.2) is 64.6 Å². The van der Waals surface area contributed by atoms with Crippen molar-refractivity contribution in [1.29, 1.82) is 0 Å². The minimum Gasteiger partial charge on any atom is -0.390 e. The Morgan fingerprint density at radius 2 is 1.42 bits per heavy atom. The fourth-order valence-electron chi connectivity index (χ4n) is 3.04. The van der Waals surface area contributed by atoms with Gasteiger partial charge in [-0.2, -0.15) is 5.10 Å². The third-order valence-electron chi connectivity index (χ3n) is 4.81. The molecule has 2 aromatic carbocycles. The number of H-pyrrole nitrogens is 1. The average Bonchev–Trinajstić information content (AvgIpc) is 3.38. The molecular weight excluding hydrogens is 460 g/mol. The van der Waals surface area contributed by atoms with Crippen LogP contribution in [-0.2, 0) is 12.8 Å². The summed E-state index contributed by atoms with van der Waals surface area (Å²) >= 11 is 0. The Kier molecular flexibility index (Phi) is 11.1. The number of rotatable bonds is 10. The van der Waals surface area contributed by atoms with Gasteiger partial charge in [0.25, 0.3) is 11.8 Å². The quantitative estimate of drug-likeness (QED) is 0.160. The predicted molar refractivity (Wildman–Crippen MR) is 143 cm³/mol. The maximum atomic E-state index is 12.5. The number of aromatic amines is 1. The van der Waals surface area contributed by atoms with Crippen LogP contribution in [0.2, 0.25) is 0 Å². The molecule has 0 aliphatic rings. The van der Waals surface area contributed by atoms with Crippen molar-refractivity contribution in [2.75, 3.05) is 30.8 Å². The van der Waals surface area contributed by atoms with E-state index in [-0.39, 0.29) is 17.3 Å². The molecule has 0 bridgehead atoms. The SMILES string of the molecule is CN.NC=NCCc1ccc(NC(=O)c2cc(C(=O)Nc3ccc(CCN=C(N)N)cc3)[nH]n2)cc1. The molecule has 1 heterocycles. The summed E-state index contributed by atoms with van der Waals surface area (Å²) in [7, 11) is 1.50. The molecule has 3 aromatic rings. The number of benzene rings is 2. The molecule has 0 fully saturated rings. The van der Waals surface area contributed by atoms with Gasteiger partial charge >= 0.3 is 0 Å². The maximum absolute atomic E-state index is 12.5. The monoisotopic (exact) mass is 492 g/mol. The summed E-state index contributed by atoms with van der Waals surface area (Å²) in [5.74, 6) is -0.788. The van der Waals surface area contributed by atoms with E-state index in [9.17, 15) is 9.59 Å². The molecule has 0 atom stereocenters. The average molecular weight is 493 g/mol. The first kappa shape index (κ1) is 27.5. The van der Waals surface area contributed by atoms with Gasteiger partial charge in [0.05, 0.1) is 6.34 Å². The molecule has 11 N–H and O–H groups in total. The van der Waals surface area contributed by atoms with Gasteiger partial charge in [0.2, 0.25) is 0 Å². The highest BCUT2D eigenvalue weighted by molar-refractivity contribution is 6.07. The lowest BCUT2D eigenvalue weighted by atomic mass is 10.1. The zero-order valence-corrected chi connectivity index (χ0v) is 20.1. The molecule has 12 heteroatoms. The minimum absolute atomic E-state index is 0.0547. The van der Waals surface area contributed by atoms with Crippen molar-refractivity contribution in [3.63, 3.8) is 0 Å². The molecule has 36 heavy (non-hydrogen) atoms. The number of nitrogens with two attached hydrogens (primary N) is 4. The molecule has 2 amide bonds. The fraction of sp³-hybridized carbons (Fsp3) is 0.208. The van der Waals surface area contributed by atoms with Crippen LogP contribution < -0.4 is 33.6 Å². The number of nitrogens with zero attached hydrogens (tertiary/aromatic N) is 3. The lowest BCUT2D eigenvalue weighted by molar-refractivity contribution is 0.101. The van der Waals surface area contributed by atoms with E-state index in [1.54, 1.807) is 24.3 Å². The highest BCUT2D eigenvalue weighted by Gasteiger charge is 2.15. The van der Waals surface area contributed by atoms with Gasteiger partial charge in [0, 0.05) is 30.5 Å². The van der Waals surface area contributed by atoms with Crippen molar-refractivity contribution < 1.29 is 9.59 Å². The topological polar surface area (TPSA) is 216 Å². The lowest BCUT2D eigenvalue weighted by Crippen LogP contribution is -2.23. The van der Waals surface area contributed by atoms with Gasteiger partial charge in [-0.3, -0.25) is 24.7 Å².